The Labute approximate surface area is 95.2 Å². The molecule has 7 heteroatoms. The molecule has 1 unspecified atom stereocenters. The summed E-state index contributed by atoms with van der Waals surface area (Å²) in [5, 5.41) is 0.133. The number of phosphoric acid groups is 1. The summed E-state index contributed by atoms with van der Waals surface area (Å²) in [4.78, 5) is 0. The topological polar surface area (TPSA) is 44.8 Å². The van der Waals surface area contributed by atoms with Gasteiger partial charge in [0.1, 0.15) is 5.01 Å². The second-order valence-corrected chi connectivity index (χ2v) is 5.24. The van der Waals surface area contributed by atoms with Crippen LogP contribution in [0.3, 0.4) is 0 Å². The maximum absolute atomic E-state index is 11.7. The fraction of sp³-hybridized carbons (Fsp3) is 1.00. The van der Waals surface area contributed by atoms with Crippen molar-refractivity contribution in [2.45, 2.75) is 18.9 Å². The van der Waals surface area contributed by atoms with E-state index < -0.39 is 7.82 Å². The zero-order chi connectivity index (χ0) is 10.3. The van der Waals surface area contributed by atoms with E-state index >= 15 is 0 Å². The van der Waals surface area contributed by atoms with E-state index in [-0.39, 0.29) is 5.01 Å². The van der Waals surface area contributed by atoms with Crippen molar-refractivity contribution in [2.75, 3.05) is 18.5 Å². The van der Waals surface area contributed by atoms with Gasteiger partial charge in [0.2, 0.25) is 0 Å². The van der Waals surface area contributed by atoms with Gasteiger partial charge in [-0.1, -0.05) is 31.9 Å². The van der Waals surface area contributed by atoms with Crippen molar-refractivity contribution in [3.8, 4) is 0 Å². The van der Waals surface area contributed by atoms with Crippen molar-refractivity contribution in [3.63, 3.8) is 0 Å². The minimum absolute atomic E-state index is 0.291. The third-order valence-electron chi connectivity index (χ3n) is 0.939. The van der Waals surface area contributed by atoms with Crippen LogP contribution in [0.25, 0.3) is 0 Å². The Kier molecular flexibility index (Phi) is 7.98. The van der Waals surface area contributed by atoms with Gasteiger partial charge < -0.3 is 0 Å². The van der Waals surface area contributed by atoms with Crippen LogP contribution >= 0.6 is 39.7 Å². The Morgan fingerprint density at radius 2 is 1.77 bits per heavy atom. The average molecular weight is 340 g/mol. The van der Waals surface area contributed by atoms with Crippen LogP contribution in [0.2, 0.25) is 0 Å². The molecule has 0 amide bonds. The van der Waals surface area contributed by atoms with E-state index in [0.29, 0.717) is 18.5 Å². The molecule has 80 valence electrons. The summed E-state index contributed by atoms with van der Waals surface area (Å²) in [5.41, 5.74) is 0. The van der Waals surface area contributed by atoms with Crippen LogP contribution in [0, 0.1) is 0 Å². The Bertz CT molecular complexity index is 168. The molecule has 0 aromatic carbocycles. The van der Waals surface area contributed by atoms with E-state index in [4.69, 9.17) is 13.6 Å². The highest BCUT2D eigenvalue weighted by molar-refractivity contribution is 9.12. The summed E-state index contributed by atoms with van der Waals surface area (Å²) in [7, 11) is -3.37. The fourth-order valence-electron chi connectivity index (χ4n) is 0.583. The molecular weight excluding hydrogens is 327 g/mol. The van der Waals surface area contributed by atoms with Crippen LogP contribution in [0.5, 0.6) is 0 Å². The van der Waals surface area contributed by atoms with Gasteiger partial charge in [0.05, 0.1) is 13.2 Å². The number of hydrogen-bond acceptors (Lipinski definition) is 4. The maximum Gasteiger partial charge on any atom is 0.475 e. The minimum atomic E-state index is -3.37. The number of phosphoric ester groups is 1. The summed E-state index contributed by atoms with van der Waals surface area (Å²) in [6.45, 7) is 4.04. The lowest BCUT2D eigenvalue weighted by molar-refractivity contribution is 0.120. The molecule has 0 radical (unpaired) electrons. The minimum Gasteiger partial charge on any atom is -0.287 e. The third-order valence-corrected chi connectivity index (χ3v) is 4.86. The van der Waals surface area contributed by atoms with Gasteiger partial charge in [-0.2, -0.15) is 0 Å². The number of alkyl halides is 2. The van der Waals surface area contributed by atoms with Crippen molar-refractivity contribution in [3.05, 3.63) is 0 Å². The van der Waals surface area contributed by atoms with E-state index in [9.17, 15) is 4.57 Å². The summed E-state index contributed by atoms with van der Waals surface area (Å²) in [5.74, 6) is 0. The van der Waals surface area contributed by atoms with Gasteiger partial charge in [0, 0.05) is 5.33 Å². The first kappa shape index (κ1) is 14.1. The molecule has 0 saturated heterocycles. The van der Waals surface area contributed by atoms with E-state index in [1.807, 2.05) is 0 Å². The quantitative estimate of drug-likeness (QED) is 0.527. The van der Waals surface area contributed by atoms with Crippen molar-refractivity contribution in [1.82, 2.24) is 0 Å². The summed E-state index contributed by atoms with van der Waals surface area (Å²) < 4.78 is 26.5. The molecule has 0 spiro atoms. The van der Waals surface area contributed by atoms with Crippen molar-refractivity contribution in [2.24, 2.45) is 0 Å². The Hall–Kier alpha value is 1.07. The van der Waals surface area contributed by atoms with E-state index in [0.717, 1.165) is 0 Å². The molecule has 0 aromatic heterocycles. The molecule has 4 nitrogen and oxygen atoms in total. The molecule has 0 N–H and O–H groups in total. The molecule has 0 aliphatic carbocycles. The van der Waals surface area contributed by atoms with Gasteiger partial charge in [0.15, 0.2) is 0 Å². The van der Waals surface area contributed by atoms with Crippen molar-refractivity contribution >= 4 is 39.7 Å². The van der Waals surface area contributed by atoms with Crippen LogP contribution in [0.4, 0.5) is 0 Å². The van der Waals surface area contributed by atoms with E-state index in [1.54, 1.807) is 13.8 Å². The lowest BCUT2D eigenvalue weighted by atomic mass is 10.9. The predicted molar refractivity (Wildman–Crippen MR) is 58.5 cm³/mol. The summed E-state index contributed by atoms with van der Waals surface area (Å²) in [6.07, 6.45) is 0. The standard InChI is InChI=1S/C6H13Br2O4P/c1-3-10-13(9,11-4-2)12-6(8)5-7/h6H,3-5H2,1-2H3. The number of halogens is 2. The molecule has 0 aliphatic heterocycles. The predicted octanol–water partition coefficient (Wildman–Crippen LogP) is 3.30. The van der Waals surface area contributed by atoms with Crippen LogP contribution in [0.15, 0.2) is 0 Å². The number of hydrogen-bond donors (Lipinski definition) is 0. The third kappa shape index (κ3) is 6.20. The highest BCUT2D eigenvalue weighted by Gasteiger charge is 2.28. The highest BCUT2D eigenvalue weighted by atomic mass is 79.9. The molecule has 0 aromatic rings. The smallest absolute Gasteiger partial charge is 0.287 e. The van der Waals surface area contributed by atoms with Crippen LogP contribution in [-0.4, -0.2) is 23.6 Å². The lowest BCUT2D eigenvalue weighted by Gasteiger charge is -2.18. The van der Waals surface area contributed by atoms with Gasteiger partial charge >= 0.3 is 7.82 Å². The summed E-state index contributed by atoms with van der Waals surface area (Å²) >= 11 is 6.32. The Balaban J connectivity index is 4.14. The monoisotopic (exact) mass is 338 g/mol. The molecule has 1 atom stereocenters. The summed E-state index contributed by atoms with van der Waals surface area (Å²) in [6, 6.07) is 0. The maximum atomic E-state index is 11.7. The number of rotatable bonds is 7. The largest absolute Gasteiger partial charge is 0.475 e. The molecule has 0 rings (SSSR count). The first-order valence-corrected chi connectivity index (χ1v) is 7.35. The molecule has 0 bridgehead atoms. The lowest BCUT2D eigenvalue weighted by Crippen LogP contribution is -2.08. The van der Waals surface area contributed by atoms with E-state index in [2.05, 4.69) is 31.9 Å². The van der Waals surface area contributed by atoms with Crippen LogP contribution in [-0.2, 0) is 18.1 Å². The first-order valence-electron chi connectivity index (χ1n) is 3.85. The highest BCUT2D eigenvalue weighted by Crippen LogP contribution is 2.51. The molecule has 13 heavy (non-hydrogen) atoms. The SMILES string of the molecule is CCOP(=O)(OCC)OC(Br)CBr. The molecular formula is C6H13Br2O4P. The van der Waals surface area contributed by atoms with Gasteiger partial charge in [-0.3, -0.25) is 13.6 Å². The first-order chi connectivity index (χ1) is 6.08. The fourth-order valence-corrected chi connectivity index (χ4v) is 2.72. The van der Waals surface area contributed by atoms with Crippen molar-refractivity contribution < 1.29 is 18.1 Å². The zero-order valence-corrected chi connectivity index (χ0v) is 11.6. The van der Waals surface area contributed by atoms with E-state index in [1.165, 1.54) is 0 Å². The van der Waals surface area contributed by atoms with Gasteiger partial charge in [0.25, 0.3) is 0 Å². The molecule has 0 fully saturated rings. The van der Waals surface area contributed by atoms with Crippen LogP contribution in [0.1, 0.15) is 13.8 Å². The van der Waals surface area contributed by atoms with Crippen molar-refractivity contribution in [1.29, 1.82) is 0 Å². The molecule has 0 heterocycles. The van der Waals surface area contributed by atoms with Gasteiger partial charge in [-0.05, 0) is 13.8 Å². The molecule has 0 aliphatic rings. The Morgan fingerprint density at radius 1 is 1.31 bits per heavy atom. The van der Waals surface area contributed by atoms with Crippen LogP contribution < -0.4 is 0 Å². The zero-order valence-electron chi connectivity index (χ0n) is 7.53. The second kappa shape index (κ2) is 7.37. The normalized spacial score (nSPS) is 14.5. The Morgan fingerprint density at radius 3 is 2.08 bits per heavy atom. The average Bonchev–Trinajstić information content (AvgIpc) is 2.04. The molecule has 0 saturated carbocycles. The second-order valence-electron chi connectivity index (χ2n) is 1.95. The van der Waals surface area contributed by atoms with Gasteiger partial charge in [-0.25, -0.2) is 4.57 Å². The van der Waals surface area contributed by atoms with Gasteiger partial charge in [-0.15, -0.1) is 0 Å².